The lowest BCUT2D eigenvalue weighted by molar-refractivity contribution is -0.192. The summed E-state index contributed by atoms with van der Waals surface area (Å²) in [4.78, 5) is 22.4. The molecule has 0 aliphatic carbocycles. The van der Waals surface area contributed by atoms with E-state index in [4.69, 9.17) is 9.90 Å². The average Bonchev–Trinajstić information content (AvgIpc) is 3.45. The van der Waals surface area contributed by atoms with Crippen LogP contribution in [0.15, 0.2) is 24.4 Å². The number of hydrogen-bond donors (Lipinski definition) is 4. The van der Waals surface area contributed by atoms with E-state index in [2.05, 4.69) is 36.0 Å². The molecule has 1 fully saturated rings. The summed E-state index contributed by atoms with van der Waals surface area (Å²) in [5.74, 6) is -1.42. The Morgan fingerprint density at radius 2 is 1.95 bits per heavy atom. The van der Waals surface area contributed by atoms with E-state index in [9.17, 15) is 26.3 Å². The molecule has 4 N–H and O–H groups in total. The van der Waals surface area contributed by atoms with Crippen molar-refractivity contribution in [2.75, 3.05) is 30.8 Å². The van der Waals surface area contributed by atoms with Gasteiger partial charge in [0.1, 0.15) is 23.0 Å². The Labute approximate surface area is 222 Å². The fourth-order valence-electron chi connectivity index (χ4n) is 4.24. The molecule has 1 aliphatic rings. The molecule has 5 rings (SSSR count). The smallest absolute Gasteiger partial charge is 0.475 e. The molecule has 0 radical (unpaired) electrons. The first-order valence-corrected chi connectivity index (χ1v) is 12.0. The third-order valence-electron chi connectivity index (χ3n) is 6.09. The molecule has 0 saturated carbocycles. The van der Waals surface area contributed by atoms with E-state index in [-0.39, 0.29) is 6.04 Å². The Bertz CT molecular complexity index is 1500. The minimum Gasteiger partial charge on any atom is -0.475 e. The summed E-state index contributed by atoms with van der Waals surface area (Å²) >= 11 is 0. The number of piperidine rings is 1. The SMILES string of the molecule is CNc1nc(N[C@@H]2CCNC[C@@H]2F)nn2ccc(-c3ccc4nc(C)n(CC(F)F)c4n3)c12.O=C(O)C(F)(F)F. The number of halogens is 6. The lowest BCUT2D eigenvalue weighted by atomic mass is 10.1. The number of aryl methyl sites for hydroxylation is 1. The zero-order valence-electron chi connectivity index (χ0n) is 21.2. The van der Waals surface area contributed by atoms with Crippen LogP contribution in [0.25, 0.3) is 27.9 Å². The number of aliphatic carboxylic acids is 1. The van der Waals surface area contributed by atoms with E-state index < -0.39 is 31.3 Å². The number of carboxylic acid groups (broad SMARTS) is 1. The minimum absolute atomic E-state index is 0.294. The van der Waals surface area contributed by atoms with Crippen molar-refractivity contribution in [3.63, 3.8) is 0 Å². The van der Waals surface area contributed by atoms with Gasteiger partial charge >= 0.3 is 12.1 Å². The Morgan fingerprint density at radius 3 is 2.58 bits per heavy atom. The van der Waals surface area contributed by atoms with Crippen molar-refractivity contribution >= 4 is 34.4 Å². The summed E-state index contributed by atoms with van der Waals surface area (Å²) in [6.07, 6.45) is -6.24. The van der Waals surface area contributed by atoms with Gasteiger partial charge in [-0.1, -0.05) is 0 Å². The Balaban J connectivity index is 0.000000470. The maximum absolute atomic E-state index is 14.2. The first-order valence-electron chi connectivity index (χ1n) is 12.0. The van der Waals surface area contributed by atoms with Crippen LogP contribution in [0.4, 0.5) is 38.1 Å². The fraction of sp³-hybridized carbons (Fsp3) is 0.435. The minimum atomic E-state index is -5.08. The first-order chi connectivity index (χ1) is 18.9. The van der Waals surface area contributed by atoms with Crippen LogP contribution in [0.5, 0.6) is 0 Å². The van der Waals surface area contributed by atoms with Gasteiger partial charge in [0.25, 0.3) is 6.43 Å². The maximum Gasteiger partial charge on any atom is 0.490 e. The van der Waals surface area contributed by atoms with Gasteiger partial charge in [-0.15, -0.1) is 5.10 Å². The molecule has 0 amide bonds. The first kappa shape index (κ1) is 28.8. The van der Waals surface area contributed by atoms with Crippen LogP contribution in [0.3, 0.4) is 0 Å². The molecule has 216 valence electrons. The van der Waals surface area contributed by atoms with E-state index in [0.29, 0.717) is 52.9 Å². The van der Waals surface area contributed by atoms with Crippen LogP contribution in [-0.2, 0) is 11.3 Å². The molecule has 1 aliphatic heterocycles. The molecule has 4 aromatic heterocycles. The molecule has 0 bridgehead atoms. The molecule has 5 heterocycles. The molecule has 0 spiro atoms. The maximum atomic E-state index is 14.2. The number of carboxylic acids is 1. The predicted molar refractivity (Wildman–Crippen MR) is 133 cm³/mol. The number of alkyl halides is 6. The second-order valence-corrected chi connectivity index (χ2v) is 8.82. The summed E-state index contributed by atoms with van der Waals surface area (Å²) < 4.78 is 75.2. The summed E-state index contributed by atoms with van der Waals surface area (Å²) in [7, 11) is 1.74. The van der Waals surface area contributed by atoms with Gasteiger partial charge in [-0.05, 0) is 38.1 Å². The van der Waals surface area contributed by atoms with Gasteiger partial charge in [-0.3, -0.25) is 0 Å². The Kier molecular flexibility index (Phi) is 8.32. The molecule has 0 aromatic carbocycles. The van der Waals surface area contributed by atoms with Crippen LogP contribution in [0.1, 0.15) is 12.2 Å². The predicted octanol–water partition coefficient (Wildman–Crippen LogP) is 3.50. The molecular weight excluding hydrogens is 548 g/mol. The van der Waals surface area contributed by atoms with Gasteiger partial charge < -0.3 is 25.6 Å². The van der Waals surface area contributed by atoms with E-state index >= 15 is 0 Å². The van der Waals surface area contributed by atoms with E-state index in [1.165, 1.54) is 4.57 Å². The number of pyridine rings is 1. The van der Waals surface area contributed by atoms with Crippen molar-refractivity contribution in [2.24, 2.45) is 0 Å². The largest absolute Gasteiger partial charge is 0.490 e. The number of carbonyl (C=O) groups is 1. The quantitative estimate of drug-likeness (QED) is 0.256. The summed E-state index contributed by atoms with van der Waals surface area (Å²) in [6.45, 7) is 2.23. The van der Waals surface area contributed by atoms with Crippen LogP contribution >= 0.6 is 0 Å². The normalized spacial score (nSPS) is 17.6. The lowest BCUT2D eigenvalue weighted by Crippen LogP contribution is -2.45. The second kappa shape index (κ2) is 11.5. The zero-order chi connectivity index (χ0) is 29.2. The summed E-state index contributed by atoms with van der Waals surface area (Å²) in [5, 5.41) is 20.8. The molecule has 40 heavy (non-hydrogen) atoms. The highest BCUT2D eigenvalue weighted by molar-refractivity contribution is 5.89. The van der Waals surface area contributed by atoms with Gasteiger partial charge in [-0.2, -0.15) is 18.2 Å². The number of nitrogens with one attached hydrogen (secondary N) is 3. The van der Waals surface area contributed by atoms with E-state index in [1.54, 1.807) is 36.8 Å². The Morgan fingerprint density at radius 1 is 1.23 bits per heavy atom. The average molecular weight is 574 g/mol. The summed E-state index contributed by atoms with van der Waals surface area (Å²) in [6, 6.07) is 5.03. The highest BCUT2D eigenvalue weighted by atomic mass is 19.4. The lowest BCUT2D eigenvalue weighted by Gasteiger charge is -2.27. The van der Waals surface area contributed by atoms with Gasteiger partial charge in [0.15, 0.2) is 11.5 Å². The van der Waals surface area contributed by atoms with Crippen molar-refractivity contribution in [1.29, 1.82) is 0 Å². The highest BCUT2D eigenvalue weighted by Crippen LogP contribution is 2.31. The van der Waals surface area contributed by atoms with Crippen LogP contribution in [-0.4, -0.2) is 85.2 Å². The number of imidazole rings is 1. The van der Waals surface area contributed by atoms with Crippen molar-refractivity contribution < 1.29 is 36.2 Å². The molecule has 2 atom stereocenters. The van der Waals surface area contributed by atoms with E-state index in [0.717, 1.165) is 12.1 Å². The van der Waals surface area contributed by atoms with Gasteiger partial charge in [-0.25, -0.2) is 32.4 Å². The zero-order valence-corrected chi connectivity index (χ0v) is 21.2. The van der Waals surface area contributed by atoms with Crippen molar-refractivity contribution in [2.45, 2.75) is 44.7 Å². The number of fused-ring (bicyclic) bond motifs is 2. The second-order valence-electron chi connectivity index (χ2n) is 8.82. The molecule has 11 nitrogen and oxygen atoms in total. The van der Waals surface area contributed by atoms with Crippen molar-refractivity contribution in [3.05, 3.63) is 30.2 Å². The number of nitrogens with zero attached hydrogens (tertiary/aromatic N) is 6. The number of hydrogen-bond acceptors (Lipinski definition) is 8. The van der Waals surface area contributed by atoms with Crippen molar-refractivity contribution in [1.82, 2.24) is 34.4 Å². The monoisotopic (exact) mass is 573 g/mol. The van der Waals surface area contributed by atoms with Crippen molar-refractivity contribution in [3.8, 4) is 11.3 Å². The molecule has 1 saturated heterocycles. The number of rotatable bonds is 6. The molecular formula is C23H25F6N9O2. The number of anilines is 2. The summed E-state index contributed by atoms with van der Waals surface area (Å²) in [5.41, 5.74) is 2.95. The topological polar surface area (TPSA) is 134 Å². The van der Waals surface area contributed by atoms with Crippen LogP contribution in [0, 0.1) is 6.92 Å². The standard InChI is InChI=1S/C21H24F3N9.C2HF3O2/c1-11-27-16-4-3-14(28-20(16)32(11)10-17(23)24)12-6-8-33-18(12)19(25-2)30-21(31-33)29-15-5-7-26-9-13(15)22;3-2(4,5)1(6)7/h3-4,6,8,13,15,17,26H,5,7,9-10H2,1-2H3,(H2,25,29,30,31);(H,6,7)/t13-,15+;/m0./s1. The van der Waals surface area contributed by atoms with Gasteiger partial charge in [0.2, 0.25) is 5.95 Å². The molecule has 17 heteroatoms. The third-order valence-corrected chi connectivity index (χ3v) is 6.09. The third kappa shape index (κ3) is 6.19. The van der Waals surface area contributed by atoms with Crippen LogP contribution in [0.2, 0.25) is 0 Å². The molecule has 0 unspecified atom stereocenters. The van der Waals surface area contributed by atoms with Gasteiger partial charge in [0.05, 0.1) is 18.3 Å². The van der Waals surface area contributed by atoms with Crippen LogP contribution < -0.4 is 16.0 Å². The van der Waals surface area contributed by atoms with E-state index in [1.807, 2.05) is 6.07 Å². The number of aromatic nitrogens is 6. The highest BCUT2D eigenvalue weighted by Gasteiger charge is 2.38. The van der Waals surface area contributed by atoms with Gasteiger partial charge in [0, 0.05) is 25.4 Å². The Hall–Kier alpha value is -4.15. The fourth-order valence-corrected chi connectivity index (χ4v) is 4.24. The molecule has 4 aromatic rings.